The zero-order valence-electron chi connectivity index (χ0n) is 16.2. The van der Waals surface area contributed by atoms with E-state index < -0.39 is 17.6 Å². The molecular weight excluding hydrogens is 405 g/mol. The Hall–Kier alpha value is -3.44. The molecule has 0 saturated carbocycles. The lowest BCUT2D eigenvalue weighted by molar-refractivity contribution is -0.138. The first kappa shape index (κ1) is 21.3. The normalized spacial score (nSPS) is 11.7. The van der Waals surface area contributed by atoms with Gasteiger partial charge in [0.25, 0.3) is 0 Å². The second-order valence-electron chi connectivity index (χ2n) is 6.61. The van der Waals surface area contributed by atoms with Crippen LogP contribution in [0.3, 0.4) is 0 Å². The van der Waals surface area contributed by atoms with Crippen molar-refractivity contribution in [3.05, 3.63) is 41.5 Å². The number of aromatic nitrogens is 5. The highest BCUT2D eigenvalue weighted by Gasteiger charge is 2.34. The van der Waals surface area contributed by atoms with Crippen LogP contribution in [0.25, 0.3) is 11.6 Å². The first-order chi connectivity index (χ1) is 14.2. The molecule has 160 valence electrons. The van der Waals surface area contributed by atoms with Crippen LogP contribution in [0.4, 0.5) is 13.2 Å². The quantitative estimate of drug-likeness (QED) is 0.571. The summed E-state index contributed by atoms with van der Waals surface area (Å²) in [6, 6.07) is 3.67. The summed E-state index contributed by atoms with van der Waals surface area (Å²) in [6.07, 6.45) is -3.45. The number of carbonyl (C=O) groups is 1. The molecule has 1 amide bonds. The molecule has 1 aromatic carbocycles. The Kier molecular flexibility index (Phi) is 6.33. The molecule has 3 aromatic rings. The average molecular weight is 424 g/mol. The van der Waals surface area contributed by atoms with E-state index in [2.05, 4.69) is 30.6 Å². The molecule has 0 aliphatic heterocycles. The van der Waals surface area contributed by atoms with Gasteiger partial charge in [-0.1, -0.05) is 11.2 Å². The molecule has 30 heavy (non-hydrogen) atoms. The minimum atomic E-state index is -4.57. The number of rotatable bonds is 8. The maximum absolute atomic E-state index is 13.4. The van der Waals surface area contributed by atoms with Gasteiger partial charge < -0.3 is 14.6 Å². The van der Waals surface area contributed by atoms with Gasteiger partial charge in [-0.15, -0.1) is 0 Å². The van der Waals surface area contributed by atoms with Gasteiger partial charge in [0.2, 0.25) is 17.6 Å². The Morgan fingerprint density at radius 2 is 2.13 bits per heavy atom. The summed E-state index contributed by atoms with van der Waals surface area (Å²) in [5, 5.41) is 12.4. The van der Waals surface area contributed by atoms with Gasteiger partial charge in [-0.2, -0.15) is 23.3 Å². The van der Waals surface area contributed by atoms with E-state index in [1.165, 1.54) is 18.5 Å². The van der Waals surface area contributed by atoms with Crippen molar-refractivity contribution in [1.82, 2.24) is 30.6 Å². The maximum atomic E-state index is 13.4. The van der Waals surface area contributed by atoms with Crippen LogP contribution in [0.5, 0.6) is 5.75 Å². The summed E-state index contributed by atoms with van der Waals surface area (Å²) < 4.78 is 50.5. The van der Waals surface area contributed by atoms with Crippen molar-refractivity contribution in [3.63, 3.8) is 0 Å². The molecule has 2 aromatic heterocycles. The van der Waals surface area contributed by atoms with E-state index in [4.69, 9.17) is 9.26 Å². The summed E-state index contributed by atoms with van der Waals surface area (Å²) in [7, 11) is 0. The number of alkyl halides is 3. The van der Waals surface area contributed by atoms with Crippen LogP contribution < -0.4 is 10.1 Å². The summed E-state index contributed by atoms with van der Waals surface area (Å²) in [4.78, 5) is 20.0. The largest absolute Gasteiger partial charge is 0.491 e. The van der Waals surface area contributed by atoms with Crippen LogP contribution >= 0.6 is 0 Å². The van der Waals surface area contributed by atoms with Crippen LogP contribution in [0.2, 0.25) is 0 Å². The zero-order valence-corrected chi connectivity index (χ0v) is 16.2. The fraction of sp³-hybridized carbons (Fsp3) is 0.389. The Labute approximate surface area is 169 Å². The van der Waals surface area contributed by atoms with Gasteiger partial charge in [-0.3, -0.25) is 9.89 Å². The predicted molar refractivity (Wildman–Crippen MR) is 97.1 cm³/mol. The number of nitrogens with one attached hydrogen (secondary N) is 2. The molecular formula is C18H19F3N6O3. The molecule has 9 nitrogen and oxygen atoms in total. The topological polar surface area (TPSA) is 119 Å². The SMILES string of the molecule is CC(C)Oc1ccc(CNC(=O)CCc2nc(-c3ncn[nH]3)no2)c(C(F)(F)F)c1. The Morgan fingerprint density at radius 3 is 2.80 bits per heavy atom. The summed E-state index contributed by atoms with van der Waals surface area (Å²) in [5.74, 6) is 0.375. The predicted octanol–water partition coefficient (Wildman–Crippen LogP) is 2.91. The molecule has 0 aliphatic carbocycles. The molecule has 12 heteroatoms. The summed E-state index contributed by atoms with van der Waals surface area (Å²) >= 11 is 0. The van der Waals surface area contributed by atoms with Gasteiger partial charge in [-0.05, 0) is 31.5 Å². The number of H-pyrrole nitrogens is 1. The molecule has 0 bridgehead atoms. The first-order valence-electron chi connectivity index (χ1n) is 9.04. The molecule has 0 fully saturated rings. The number of aryl methyl sites for hydroxylation is 1. The number of hydrogen-bond donors (Lipinski definition) is 2. The number of aromatic amines is 1. The summed E-state index contributed by atoms with van der Waals surface area (Å²) in [5.41, 5.74) is -0.910. The molecule has 0 unspecified atom stereocenters. The van der Waals surface area contributed by atoms with Crippen LogP contribution in [-0.2, 0) is 23.9 Å². The van der Waals surface area contributed by atoms with E-state index in [0.29, 0.717) is 5.82 Å². The fourth-order valence-electron chi connectivity index (χ4n) is 2.59. The Morgan fingerprint density at radius 1 is 1.33 bits per heavy atom. The first-order valence-corrected chi connectivity index (χ1v) is 9.04. The smallest absolute Gasteiger partial charge is 0.416 e. The van der Waals surface area contributed by atoms with E-state index in [0.717, 1.165) is 6.07 Å². The van der Waals surface area contributed by atoms with Crippen molar-refractivity contribution in [2.75, 3.05) is 0 Å². The third kappa shape index (κ3) is 5.55. The molecule has 2 heterocycles. The van der Waals surface area contributed by atoms with Crippen molar-refractivity contribution in [1.29, 1.82) is 0 Å². The lowest BCUT2D eigenvalue weighted by atomic mass is 10.1. The number of benzene rings is 1. The molecule has 2 N–H and O–H groups in total. The van der Waals surface area contributed by atoms with Crippen molar-refractivity contribution in [2.45, 2.75) is 45.5 Å². The lowest BCUT2D eigenvalue weighted by Gasteiger charge is -2.16. The molecule has 0 aliphatic rings. The third-order valence-electron chi connectivity index (χ3n) is 3.90. The van der Waals surface area contributed by atoms with E-state index in [9.17, 15) is 18.0 Å². The van der Waals surface area contributed by atoms with E-state index in [1.54, 1.807) is 13.8 Å². The third-order valence-corrected chi connectivity index (χ3v) is 3.90. The second kappa shape index (κ2) is 8.93. The van der Waals surface area contributed by atoms with Crippen molar-refractivity contribution >= 4 is 5.91 Å². The van der Waals surface area contributed by atoms with Gasteiger partial charge >= 0.3 is 6.18 Å². The minimum Gasteiger partial charge on any atom is -0.491 e. The van der Waals surface area contributed by atoms with Gasteiger partial charge in [0.15, 0.2) is 5.82 Å². The van der Waals surface area contributed by atoms with E-state index in [1.807, 2.05) is 0 Å². The molecule has 0 atom stereocenters. The second-order valence-corrected chi connectivity index (χ2v) is 6.61. The maximum Gasteiger partial charge on any atom is 0.416 e. The molecule has 0 spiro atoms. The Bertz CT molecular complexity index is 985. The number of nitrogens with zero attached hydrogens (tertiary/aromatic N) is 4. The average Bonchev–Trinajstić information content (AvgIpc) is 3.35. The van der Waals surface area contributed by atoms with Crippen molar-refractivity contribution < 1.29 is 27.2 Å². The van der Waals surface area contributed by atoms with Gasteiger partial charge in [0, 0.05) is 19.4 Å². The van der Waals surface area contributed by atoms with Crippen LogP contribution in [0, 0.1) is 0 Å². The highest BCUT2D eigenvalue weighted by Crippen LogP contribution is 2.34. The molecule has 0 radical (unpaired) electrons. The number of amides is 1. The Balaban J connectivity index is 1.57. The highest BCUT2D eigenvalue weighted by molar-refractivity contribution is 5.76. The van der Waals surface area contributed by atoms with Gasteiger partial charge in [0.1, 0.15) is 12.1 Å². The zero-order chi connectivity index (χ0) is 21.7. The number of hydrogen-bond acceptors (Lipinski definition) is 7. The lowest BCUT2D eigenvalue weighted by Crippen LogP contribution is -2.25. The number of carbonyl (C=O) groups excluding carboxylic acids is 1. The van der Waals surface area contributed by atoms with Crippen LogP contribution in [0.15, 0.2) is 29.0 Å². The highest BCUT2D eigenvalue weighted by atomic mass is 19.4. The van der Waals surface area contributed by atoms with Crippen LogP contribution in [-0.4, -0.2) is 37.3 Å². The van der Waals surface area contributed by atoms with E-state index in [-0.39, 0.29) is 48.5 Å². The van der Waals surface area contributed by atoms with Gasteiger partial charge in [-0.25, -0.2) is 4.98 Å². The van der Waals surface area contributed by atoms with Crippen LogP contribution in [0.1, 0.15) is 37.3 Å². The van der Waals surface area contributed by atoms with Crippen molar-refractivity contribution in [2.24, 2.45) is 0 Å². The number of ether oxygens (including phenoxy) is 1. The molecule has 0 saturated heterocycles. The standard InChI is InChI=1S/C18H19F3N6O3/c1-10(2)29-12-4-3-11(13(7-12)18(19,20)21)8-22-14(28)5-6-15-25-17(27-30-15)16-23-9-24-26-16/h3-4,7,9-10H,5-6,8H2,1-2H3,(H,22,28)(H,23,24,26). The number of halogens is 3. The van der Waals surface area contributed by atoms with Crippen molar-refractivity contribution in [3.8, 4) is 17.4 Å². The van der Waals surface area contributed by atoms with Gasteiger partial charge in [0.05, 0.1) is 11.7 Å². The van der Waals surface area contributed by atoms with E-state index >= 15 is 0 Å². The minimum absolute atomic E-state index is 0.0338. The summed E-state index contributed by atoms with van der Waals surface area (Å²) in [6.45, 7) is 3.17. The monoisotopic (exact) mass is 424 g/mol. The molecule has 3 rings (SSSR count). The fourth-order valence-corrected chi connectivity index (χ4v) is 2.59.